The molecule has 7 nitrogen and oxygen atoms in total. The second-order valence-corrected chi connectivity index (χ2v) is 7.92. The van der Waals surface area contributed by atoms with Crippen LogP contribution >= 0.6 is 11.3 Å². The molecular weight excluding hydrogens is 417 g/mol. The van der Waals surface area contributed by atoms with Gasteiger partial charge in [-0.25, -0.2) is 14.1 Å². The molecule has 0 radical (unpaired) electrons. The Hall–Kier alpha value is -3.59. The van der Waals surface area contributed by atoms with Crippen LogP contribution in [0.2, 0.25) is 0 Å². The lowest BCUT2D eigenvalue weighted by molar-refractivity contribution is 0.0979. The molecule has 4 rings (SSSR count). The molecule has 0 spiro atoms. The summed E-state index contributed by atoms with van der Waals surface area (Å²) >= 11 is 1.51. The summed E-state index contributed by atoms with van der Waals surface area (Å²) < 4.78 is 20.3. The van der Waals surface area contributed by atoms with E-state index in [1.54, 1.807) is 30.8 Å². The van der Waals surface area contributed by atoms with E-state index in [4.69, 9.17) is 4.74 Å². The number of hydrogen-bond donors (Lipinski definition) is 0. The SMILES string of the molecule is COc1ccc(-n2nnc(C(=O)N(Cc3csc(C)n3)c3ccc(F)cc3)c2C)cc1. The third-order valence-electron chi connectivity index (χ3n) is 4.78. The van der Waals surface area contributed by atoms with Gasteiger partial charge in [0.15, 0.2) is 5.69 Å². The number of rotatable bonds is 6. The average Bonchev–Trinajstić information content (AvgIpc) is 3.37. The highest BCUT2D eigenvalue weighted by molar-refractivity contribution is 7.09. The van der Waals surface area contributed by atoms with Crippen molar-refractivity contribution in [3.05, 3.63) is 81.8 Å². The van der Waals surface area contributed by atoms with Gasteiger partial charge in [0, 0.05) is 11.1 Å². The summed E-state index contributed by atoms with van der Waals surface area (Å²) in [7, 11) is 1.60. The molecule has 0 aliphatic heterocycles. The Balaban J connectivity index is 1.69. The summed E-state index contributed by atoms with van der Waals surface area (Å²) in [6, 6.07) is 13.1. The number of hydrogen-bond acceptors (Lipinski definition) is 6. The normalized spacial score (nSPS) is 10.8. The highest BCUT2D eigenvalue weighted by Gasteiger charge is 2.25. The molecule has 9 heteroatoms. The summed E-state index contributed by atoms with van der Waals surface area (Å²) in [4.78, 5) is 19.5. The van der Waals surface area contributed by atoms with Crippen LogP contribution in [0.3, 0.4) is 0 Å². The molecule has 0 N–H and O–H groups in total. The summed E-state index contributed by atoms with van der Waals surface area (Å²) in [6.45, 7) is 3.93. The maximum atomic E-state index is 13.5. The maximum Gasteiger partial charge on any atom is 0.281 e. The molecule has 0 saturated heterocycles. The molecule has 158 valence electrons. The van der Waals surface area contributed by atoms with Crippen LogP contribution in [0.4, 0.5) is 10.1 Å². The standard InChI is InChI=1S/C22H20FN5O2S/c1-14-21(25-26-28(14)19-8-10-20(30-3)11-9-19)22(29)27(12-17-13-31-15(2)24-17)18-6-4-16(23)5-7-18/h4-11,13H,12H2,1-3H3. The number of carbonyl (C=O) groups excluding carboxylic acids is 1. The Morgan fingerprint density at radius 1 is 1.13 bits per heavy atom. The van der Waals surface area contributed by atoms with Gasteiger partial charge in [-0.3, -0.25) is 4.79 Å². The van der Waals surface area contributed by atoms with E-state index in [1.807, 2.05) is 36.6 Å². The van der Waals surface area contributed by atoms with E-state index in [0.29, 0.717) is 11.4 Å². The molecular formula is C22H20FN5O2S. The van der Waals surface area contributed by atoms with Gasteiger partial charge in [-0.05, 0) is 62.4 Å². The molecule has 2 aromatic carbocycles. The van der Waals surface area contributed by atoms with Crippen molar-refractivity contribution in [1.82, 2.24) is 20.0 Å². The zero-order valence-electron chi connectivity index (χ0n) is 17.2. The van der Waals surface area contributed by atoms with Crippen molar-refractivity contribution >= 4 is 22.9 Å². The molecule has 2 aromatic heterocycles. The van der Waals surface area contributed by atoms with Crippen molar-refractivity contribution < 1.29 is 13.9 Å². The number of anilines is 1. The Morgan fingerprint density at radius 3 is 2.45 bits per heavy atom. The zero-order valence-corrected chi connectivity index (χ0v) is 18.1. The highest BCUT2D eigenvalue weighted by Crippen LogP contribution is 2.23. The first-order valence-electron chi connectivity index (χ1n) is 9.51. The van der Waals surface area contributed by atoms with Crippen LogP contribution in [0.15, 0.2) is 53.9 Å². The van der Waals surface area contributed by atoms with E-state index in [1.165, 1.54) is 28.4 Å². The largest absolute Gasteiger partial charge is 0.497 e. The molecule has 0 aliphatic rings. The summed E-state index contributed by atoms with van der Waals surface area (Å²) in [5.41, 5.74) is 2.87. The first-order chi connectivity index (χ1) is 15.0. The predicted octanol–water partition coefficient (Wildman–Crippen LogP) is 4.34. The molecule has 0 atom stereocenters. The van der Waals surface area contributed by atoms with Gasteiger partial charge in [0.25, 0.3) is 5.91 Å². The minimum atomic E-state index is -0.373. The number of ether oxygens (including phenoxy) is 1. The minimum absolute atomic E-state index is 0.215. The van der Waals surface area contributed by atoms with Gasteiger partial charge >= 0.3 is 0 Å². The van der Waals surface area contributed by atoms with Crippen molar-refractivity contribution in [3.63, 3.8) is 0 Å². The lowest BCUT2D eigenvalue weighted by Gasteiger charge is -2.21. The van der Waals surface area contributed by atoms with Crippen molar-refractivity contribution in [1.29, 1.82) is 0 Å². The lowest BCUT2D eigenvalue weighted by atomic mass is 10.2. The van der Waals surface area contributed by atoms with Gasteiger partial charge in [-0.15, -0.1) is 16.4 Å². The first-order valence-corrected chi connectivity index (χ1v) is 10.4. The smallest absolute Gasteiger partial charge is 0.281 e. The Labute approximate surface area is 182 Å². The molecule has 0 aliphatic carbocycles. The van der Waals surface area contributed by atoms with Gasteiger partial charge in [0.1, 0.15) is 11.6 Å². The molecule has 0 unspecified atom stereocenters. The predicted molar refractivity (Wildman–Crippen MR) is 116 cm³/mol. The van der Waals surface area contributed by atoms with E-state index >= 15 is 0 Å². The quantitative estimate of drug-likeness (QED) is 0.449. The third-order valence-corrected chi connectivity index (χ3v) is 5.61. The molecule has 0 saturated carbocycles. The number of aromatic nitrogens is 4. The van der Waals surface area contributed by atoms with E-state index in [2.05, 4.69) is 15.3 Å². The van der Waals surface area contributed by atoms with E-state index in [0.717, 1.165) is 22.1 Å². The van der Waals surface area contributed by atoms with E-state index in [9.17, 15) is 9.18 Å². The number of thiazole rings is 1. The summed E-state index contributed by atoms with van der Waals surface area (Å²) in [6.07, 6.45) is 0. The Morgan fingerprint density at radius 2 is 1.84 bits per heavy atom. The number of amides is 1. The average molecular weight is 438 g/mol. The molecule has 0 fully saturated rings. The first kappa shape index (κ1) is 20.7. The topological polar surface area (TPSA) is 73.1 Å². The number of carbonyl (C=O) groups is 1. The Bertz CT molecular complexity index is 1200. The van der Waals surface area contributed by atoms with Crippen molar-refractivity contribution in [2.45, 2.75) is 20.4 Å². The van der Waals surface area contributed by atoms with Gasteiger partial charge in [-0.2, -0.15) is 0 Å². The van der Waals surface area contributed by atoms with E-state index in [-0.39, 0.29) is 24.0 Å². The van der Waals surface area contributed by atoms with Gasteiger partial charge in [-0.1, -0.05) is 5.21 Å². The monoisotopic (exact) mass is 437 g/mol. The van der Waals surface area contributed by atoms with Crippen LogP contribution < -0.4 is 9.64 Å². The van der Waals surface area contributed by atoms with Gasteiger partial charge < -0.3 is 9.64 Å². The van der Waals surface area contributed by atoms with Crippen LogP contribution in [0.25, 0.3) is 5.69 Å². The van der Waals surface area contributed by atoms with Crippen LogP contribution in [-0.4, -0.2) is 33.0 Å². The zero-order chi connectivity index (χ0) is 22.0. The summed E-state index contributed by atoms with van der Waals surface area (Å²) in [5.74, 6) is 0.00988. The van der Waals surface area contributed by atoms with Crippen LogP contribution in [0.1, 0.15) is 26.9 Å². The van der Waals surface area contributed by atoms with Crippen LogP contribution in [0.5, 0.6) is 5.75 Å². The van der Waals surface area contributed by atoms with Crippen LogP contribution in [-0.2, 0) is 6.54 Å². The second-order valence-electron chi connectivity index (χ2n) is 6.86. The van der Waals surface area contributed by atoms with Gasteiger partial charge in [0.05, 0.1) is 35.7 Å². The number of methoxy groups -OCH3 is 1. The Kier molecular flexibility index (Phi) is 5.77. The maximum absolute atomic E-state index is 13.5. The van der Waals surface area contributed by atoms with Gasteiger partial charge in [0.2, 0.25) is 0 Å². The molecule has 31 heavy (non-hydrogen) atoms. The fourth-order valence-corrected chi connectivity index (χ4v) is 3.77. The lowest BCUT2D eigenvalue weighted by Crippen LogP contribution is -2.31. The van der Waals surface area contributed by atoms with Crippen LogP contribution in [0, 0.1) is 19.7 Å². The molecule has 0 bridgehead atoms. The third kappa shape index (κ3) is 4.31. The second kappa shape index (κ2) is 8.65. The highest BCUT2D eigenvalue weighted by atomic mass is 32.1. The molecule has 2 heterocycles. The van der Waals surface area contributed by atoms with Crippen molar-refractivity contribution in [2.24, 2.45) is 0 Å². The molecule has 1 amide bonds. The fourth-order valence-electron chi connectivity index (χ4n) is 3.17. The number of benzene rings is 2. The molecule has 4 aromatic rings. The van der Waals surface area contributed by atoms with Crippen molar-refractivity contribution in [2.75, 3.05) is 12.0 Å². The number of halogens is 1. The summed E-state index contributed by atoms with van der Waals surface area (Å²) in [5, 5.41) is 11.1. The van der Waals surface area contributed by atoms with Crippen molar-refractivity contribution in [3.8, 4) is 11.4 Å². The minimum Gasteiger partial charge on any atom is -0.497 e. The van der Waals surface area contributed by atoms with E-state index < -0.39 is 0 Å². The number of nitrogens with zero attached hydrogens (tertiary/aromatic N) is 5. The number of aryl methyl sites for hydroxylation is 1. The fraction of sp³-hybridized carbons (Fsp3) is 0.182.